The van der Waals surface area contributed by atoms with Gasteiger partial charge in [-0.15, -0.1) is 0 Å². The smallest absolute Gasteiger partial charge is 0.117 e. The van der Waals surface area contributed by atoms with E-state index in [1.54, 1.807) is 12.3 Å². The maximum absolute atomic E-state index is 5.16. The van der Waals surface area contributed by atoms with Crippen molar-refractivity contribution < 1.29 is 4.84 Å². The molecule has 0 saturated carbocycles. The van der Waals surface area contributed by atoms with E-state index in [4.69, 9.17) is 4.84 Å². The summed E-state index contributed by atoms with van der Waals surface area (Å²) in [6, 6.07) is 20.0. The Morgan fingerprint density at radius 2 is 1.39 bits per heavy atom. The molecule has 18 heavy (non-hydrogen) atoms. The highest BCUT2D eigenvalue weighted by Gasteiger charge is 2.06. The molecule has 0 aliphatic heterocycles. The van der Waals surface area contributed by atoms with Gasteiger partial charge in [-0.25, -0.2) is 0 Å². The Balaban J connectivity index is 2.38. The third-order valence-electron chi connectivity index (χ3n) is 2.44. The molecule has 90 valence electrons. The highest BCUT2D eigenvalue weighted by Crippen LogP contribution is 2.11. The minimum atomic E-state index is 0.828. The van der Waals surface area contributed by atoms with Gasteiger partial charge >= 0.3 is 0 Å². The van der Waals surface area contributed by atoms with Crippen LogP contribution >= 0.6 is 0 Å². The van der Waals surface area contributed by atoms with Crippen molar-refractivity contribution in [2.45, 2.75) is 6.92 Å². The summed E-state index contributed by atoms with van der Waals surface area (Å²) in [7, 11) is 0. The molecule has 2 heteroatoms. The quantitative estimate of drug-likeness (QED) is 0.447. The molecule has 0 saturated heterocycles. The zero-order valence-corrected chi connectivity index (χ0v) is 10.3. The molecule has 0 aliphatic rings. The van der Waals surface area contributed by atoms with Crippen molar-refractivity contribution in [3.8, 4) is 0 Å². The molecule has 0 atom stereocenters. The summed E-state index contributed by atoms with van der Waals surface area (Å²) in [5.41, 5.74) is 2.90. The number of benzene rings is 2. The number of hydrogen-bond acceptors (Lipinski definition) is 2. The predicted octanol–water partition coefficient (Wildman–Crippen LogP) is 3.99. The summed E-state index contributed by atoms with van der Waals surface area (Å²) in [6.45, 7) is 1.89. The van der Waals surface area contributed by atoms with Crippen LogP contribution in [0.25, 0.3) is 0 Å². The fourth-order valence-electron chi connectivity index (χ4n) is 1.61. The topological polar surface area (TPSA) is 21.6 Å². The molecule has 0 aromatic heterocycles. The average molecular weight is 237 g/mol. The monoisotopic (exact) mass is 237 g/mol. The average Bonchev–Trinajstić information content (AvgIpc) is 2.46. The Labute approximate surface area is 107 Å². The van der Waals surface area contributed by atoms with Crippen molar-refractivity contribution in [2.24, 2.45) is 5.16 Å². The standard InChI is InChI=1S/C16H15NO/c1-2-13-18-17-16(14-9-5-3-6-10-14)15-11-7-4-8-12-15/h2-13H,1H3/b13-2+. The molecule has 0 amide bonds. The van der Waals surface area contributed by atoms with Crippen LogP contribution in [-0.2, 0) is 4.84 Å². The minimum absolute atomic E-state index is 0.828. The van der Waals surface area contributed by atoms with Gasteiger partial charge in [0.15, 0.2) is 0 Å². The van der Waals surface area contributed by atoms with E-state index >= 15 is 0 Å². The third kappa shape index (κ3) is 3.08. The third-order valence-corrected chi connectivity index (χ3v) is 2.44. The van der Waals surface area contributed by atoms with Gasteiger partial charge in [0.2, 0.25) is 0 Å². The van der Waals surface area contributed by atoms with Crippen LogP contribution in [0.1, 0.15) is 18.1 Å². The number of oxime groups is 1. The fourth-order valence-corrected chi connectivity index (χ4v) is 1.61. The van der Waals surface area contributed by atoms with E-state index in [-0.39, 0.29) is 0 Å². The molecule has 0 unspecified atom stereocenters. The number of rotatable bonds is 4. The van der Waals surface area contributed by atoms with Crippen LogP contribution in [0.5, 0.6) is 0 Å². The maximum Gasteiger partial charge on any atom is 0.117 e. The van der Waals surface area contributed by atoms with Crippen LogP contribution in [0.15, 0.2) is 78.2 Å². The van der Waals surface area contributed by atoms with Crippen LogP contribution in [0.4, 0.5) is 0 Å². The molecule has 2 rings (SSSR count). The van der Waals surface area contributed by atoms with Gasteiger partial charge in [0.25, 0.3) is 0 Å². The van der Waals surface area contributed by atoms with Gasteiger partial charge in [0.1, 0.15) is 12.0 Å². The molecule has 2 nitrogen and oxygen atoms in total. The van der Waals surface area contributed by atoms with Gasteiger partial charge in [0.05, 0.1) is 0 Å². The van der Waals surface area contributed by atoms with Crippen LogP contribution in [0, 0.1) is 0 Å². The molecule has 0 spiro atoms. The maximum atomic E-state index is 5.16. The molecule has 0 heterocycles. The van der Waals surface area contributed by atoms with E-state index in [1.807, 2.05) is 67.6 Å². The molecule has 0 N–H and O–H groups in total. The predicted molar refractivity (Wildman–Crippen MR) is 74.4 cm³/mol. The number of hydrogen-bond donors (Lipinski definition) is 0. The van der Waals surface area contributed by atoms with Gasteiger partial charge in [-0.2, -0.15) is 0 Å². The lowest BCUT2D eigenvalue weighted by atomic mass is 10.0. The molecule has 0 radical (unpaired) electrons. The Bertz CT molecular complexity index is 488. The lowest BCUT2D eigenvalue weighted by Crippen LogP contribution is -2.03. The first kappa shape index (κ1) is 12.1. The molecule has 0 fully saturated rings. The lowest BCUT2D eigenvalue weighted by Gasteiger charge is -2.05. The van der Waals surface area contributed by atoms with Crippen molar-refractivity contribution in [2.75, 3.05) is 0 Å². The van der Waals surface area contributed by atoms with Crippen LogP contribution in [0.2, 0.25) is 0 Å². The first-order chi connectivity index (χ1) is 8.92. The van der Waals surface area contributed by atoms with E-state index in [0.29, 0.717) is 0 Å². The fraction of sp³-hybridized carbons (Fsp3) is 0.0625. The molecule has 2 aromatic carbocycles. The highest BCUT2D eigenvalue weighted by molar-refractivity contribution is 6.12. The van der Waals surface area contributed by atoms with E-state index in [0.717, 1.165) is 16.8 Å². The summed E-state index contributed by atoms with van der Waals surface area (Å²) in [5, 5.41) is 4.18. The van der Waals surface area contributed by atoms with Crippen molar-refractivity contribution >= 4 is 5.71 Å². The van der Waals surface area contributed by atoms with Gasteiger partial charge in [-0.05, 0) is 13.0 Å². The largest absolute Gasteiger partial charge is 0.365 e. The molecule has 0 aliphatic carbocycles. The van der Waals surface area contributed by atoms with Crippen molar-refractivity contribution in [1.29, 1.82) is 0 Å². The minimum Gasteiger partial charge on any atom is -0.365 e. The van der Waals surface area contributed by atoms with Crippen LogP contribution in [-0.4, -0.2) is 5.71 Å². The van der Waals surface area contributed by atoms with Gasteiger partial charge in [0, 0.05) is 11.1 Å². The Morgan fingerprint density at radius 1 is 0.889 bits per heavy atom. The van der Waals surface area contributed by atoms with Crippen molar-refractivity contribution in [1.82, 2.24) is 0 Å². The highest BCUT2D eigenvalue weighted by atomic mass is 16.6. The second kappa shape index (κ2) is 6.40. The number of allylic oxidation sites excluding steroid dienone is 1. The summed E-state index contributed by atoms with van der Waals surface area (Å²) in [6.07, 6.45) is 3.36. The Morgan fingerprint density at radius 3 is 1.83 bits per heavy atom. The SMILES string of the molecule is C/C=C/ON=C(c1ccccc1)c1ccccc1. The molecule has 2 aromatic rings. The van der Waals surface area contributed by atoms with E-state index in [2.05, 4.69) is 5.16 Å². The van der Waals surface area contributed by atoms with Gasteiger partial charge in [-0.3, -0.25) is 0 Å². The second-order valence-electron chi connectivity index (χ2n) is 3.75. The first-order valence-corrected chi connectivity index (χ1v) is 5.87. The van der Waals surface area contributed by atoms with E-state index in [9.17, 15) is 0 Å². The van der Waals surface area contributed by atoms with Crippen LogP contribution < -0.4 is 0 Å². The second-order valence-corrected chi connectivity index (χ2v) is 3.75. The van der Waals surface area contributed by atoms with E-state index < -0.39 is 0 Å². The summed E-state index contributed by atoms with van der Waals surface area (Å²) in [4.78, 5) is 5.16. The summed E-state index contributed by atoms with van der Waals surface area (Å²) < 4.78 is 0. The summed E-state index contributed by atoms with van der Waals surface area (Å²) >= 11 is 0. The first-order valence-electron chi connectivity index (χ1n) is 5.87. The zero-order chi connectivity index (χ0) is 12.6. The normalized spacial score (nSPS) is 10.3. The van der Waals surface area contributed by atoms with Crippen molar-refractivity contribution in [3.05, 3.63) is 84.1 Å². The lowest BCUT2D eigenvalue weighted by molar-refractivity contribution is 0.268. The summed E-state index contributed by atoms with van der Waals surface area (Å²) in [5.74, 6) is 0. The van der Waals surface area contributed by atoms with Gasteiger partial charge < -0.3 is 4.84 Å². The Hall–Kier alpha value is -2.35. The van der Waals surface area contributed by atoms with Crippen LogP contribution in [0.3, 0.4) is 0 Å². The van der Waals surface area contributed by atoms with Crippen molar-refractivity contribution in [3.63, 3.8) is 0 Å². The van der Waals surface area contributed by atoms with E-state index in [1.165, 1.54) is 0 Å². The number of nitrogens with zero attached hydrogens (tertiary/aromatic N) is 1. The molecular weight excluding hydrogens is 222 g/mol. The molecular formula is C16H15NO. The Kier molecular flexibility index (Phi) is 4.31. The zero-order valence-electron chi connectivity index (χ0n) is 10.3. The molecule has 0 bridgehead atoms. The van der Waals surface area contributed by atoms with Gasteiger partial charge in [-0.1, -0.05) is 65.8 Å².